The second-order valence-electron chi connectivity index (χ2n) is 6.05. The first-order valence-corrected chi connectivity index (χ1v) is 7.83. The zero-order valence-electron chi connectivity index (χ0n) is 13.1. The number of piperazine rings is 1. The quantitative estimate of drug-likeness (QED) is 0.902. The Morgan fingerprint density at radius 2 is 2.15 bits per heavy atom. The van der Waals surface area contributed by atoms with E-state index in [-0.39, 0.29) is 5.82 Å². The molecule has 1 aromatic carbocycles. The van der Waals surface area contributed by atoms with Crippen LogP contribution in [0.25, 0.3) is 0 Å². The van der Waals surface area contributed by atoms with E-state index in [2.05, 4.69) is 37.9 Å². The number of nitrogens with zero attached hydrogens (tertiary/aromatic N) is 1. The number of benzene rings is 1. The van der Waals surface area contributed by atoms with E-state index in [4.69, 9.17) is 0 Å². The summed E-state index contributed by atoms with van der Waals surface area (Å²) in [4.78, 5) is 2.41. The van der Waals surface area contributed by atoms with Gasteiger partial charge in [0.2, 0.25) is 0 Å². The predicted octanol–water partition coefficient (Wildman–Crippen LogP) is 3.74. The lowest BCUT2D eigenvalue weighted by Gasteiger charge is -2.44. The van der Waals surface area contributed by atoms with Crippen LogP contribution in [0, 0.1) is 18.7 Å². The fourth-order valence-electron chi connectivity index (χ4n) is 3.04. The largest absolute Gasteiger partial charge is 0.365 e. The van der Waals surface area contributed by atoms with Crippen molar-refractivity contribution in [3.05, 3.63) is 29.6 Å². The molecule has 1 aliphatic heterocycles. The Balaban J connectivity index is 2.26. The molecule has 0 radical (unpaired) electrons. The molecule has 0 saturated carbocycles. The molecule has 3 atom stereocenters. The van der Waals surface area contributed by atoms with Crippen LogP contribution in [0.5, 0.6) is 0 Å². The van der Waals surface area contributed by atoms with Crippen LogP contribution in [0.3, 0.4) is 0 Å². The second kappa shape index (κ2) is 6.57. The molecule has 3 unspecified atom stereocenters. The van der Waals surface area contributed by atoms with Crippen LogP contribution in [-0.4, -0.2) is 25.2 Å². The summed E-state index contributed by atoms with van der Waals surface area (Å²) in [5, 5.41) is 3.67. The Bertz CT molecular complexity index is 447. The van der Waals surface area contributed by atoms with Gasteiger partial charge in [-0.05, 0) is 37.0 Å². The molecule has 1 fully saturated rings. The van der Waals surface area contributed by atoms with Crippen molar-refractivity contribution in [3.63, 3.8) is 0 Å². The monoisotopic (exact) mass is 278 g/mol. The molecule has 0 spiro atoms. The first-order chi connectivity index (χ1) is 9.56. The first kappa shape index (κ1) is 15.3. The van der Waals surface area contributed by atoms with Gasteiger partial charge in [0, 0.05) is 30.9 Å². The minimum absolute atomic E-state index is 0.140. The van der Waals surface area contributed by atoms with Gasteiger partial charge in [-0.25, -0.2) is 4.39 Å². The highest BCUT2D eigenvalue weighted by atomic mass is 19.1. The summed E-state index contributed by atoms with van der Waals surface area (Å²) in [6.45, 7) is 10.8. The van der Waals surface area contributed by atoms with E-state index >= 15 is 0 Å². The van der Waals surface area contributed by atoms with E-state index in [1.54, 1.807) is 12.1 Å². The predicted molar refractivity (Wildman–Crippen MR) is 83.8 cm³/mol. The lowest BCUT2D eigenvalue weighted by Crippen LogP contribution is -2.58. The maximum Gasteiger partial charge on any atom is 0.125 e. The summed E-state index contributed by atoms with van der Waals surface area (Å²) in [6, 6.07) is 6.07. The van der Waals surface area contributed by atoms with Crippen LogP contribution in [0.4, 0.5) is 10.1 Å². The van der Waals surface area contributed by atoms with Crippen molar-refractivity contribution in [2.75, 3.05) is 18.0 Å². The number of halogens is 1. The molecule has 1 aliphatic rings. The third-order valence-corrected chi connectivity index (χ3v) is 4.73. The molecule has 3 heteroatoms. The molecule has 0 aromatic heterocycles. The Morgan fingerprint density at radius 3 is 2.80 bits per heavy atom. The molecular weight excluding hydrogens is 251 g/mol. The minimum Gasteiger partial charge on any atom is -0.365 e. The molecule has 112 valence electrons. The van der Waals surface area contributed by atoms with Crippen molar-refractivity contribution in [3.8, 4) is 0 Å². The molecule has 2 rings (SSSR count). The fourth-order valence-corrected chi connectivity index (χ4v) is 3.04. The third-order valence-electron chi connectivity index (χ3n) is 4.73. The molecule has 1 N–H and O–H groups in total. The highest BCUT2D eigenvalue weighted by Crippen LogP contribution is 2.27. The van der Waals surface area contributed by atoms with Gasteiger partial charge in [0.15, 0.2) is 0 Å². The van der Waals surface area contributed by atoms with Gasteiger partial charge in [-0.3, -0.25) is 0 Å². The highest BCUT2D eigenvalue weighted by Gasteiger charge is 2.30. The number of anilines is 1. The van der Waals surface area contributed by atoms with Gasteiger partial charge in [0.05, 0.1) is 0 Å². The highest BCUT2D eigenvalue weighted by molar-refractivity contribution is 5.55. The van der Waals surface area contributed by atoms with E-state index in [9.17, 15) is 4.39 Å². The molecule has 20 heavy (non-hydrogen) atoms. The molecule has 0 aliphatic carbocycles. The maximum atomic E-state index is 13.6. The van der Waals surface area contributed by atoms with Gasteiger partial charge < -0.3 is 10.2 Å². The number of hydrogen-bond donors (Lipinski definition) is 1. The lowest BCUT2D eigenvalue weighted by atomic mass is 9.94. The number of aryl methyl sites for hydroxylation is 1. The summed E-state index contributed by atoms with van der Waals surface area (Å²) in [7, 11) is 0. The molecule has 0 amide bonds. The van der Waals surface area contributed by atoms with E-state index in [0.29, 0.717) is 18.0 Å². The van der Waals surface area contributed by atoms with Gasteiger partial charge in [-0.2, -0.15) is 0 Å². The van der Waals surface area contributed by atoms with Crippen molar-refractivity contribution >= 4 is 5.69 Å². The van der Waals surface area contributed by atoms with Crippen LogP contribution in [0.1, 0.15) is 39.2 Å². The molecule has 2 nitrogen and oxygen atoms in total. The number of hydrogen-bond acceptors (Lipinski definition) is 2. The van der Waals surface area contributed by atoms with Crippen LogP contribution < -0.4 is 10.2 Å². The molecule has 0 bridgehead atoms. The Morgan fingerprint density at radius 1 is 1.40 bits per heavy atom. The van der Waals surface area contributed by atoms with Gasteiger partial charge in [-0.15, -0.1) is 0 Å². The Kier molecular flexibility index (Phi) is 5.03. The van der Waals surface area contributed by atoms with E-state index < -0.39 is 0 Å². The number of rotatable bonds is 4. The van der Waals surface area contributed by atoms with Crippen LogP contribution in [-0.2, 0) is 0 Å². The second-order valence-corrected chi connectivity index (χ2v) is 6.05. The van der Waals surface area contributed by atoms with Crippen LogP contribution in [0.2, 0.25) is 0 Å². The van der Waals surface area contributed by atoms with Crippen molar-refractivity contribution < 1.29 is 4.39 Å². The van der Waals surface area contributed by atoms with Crippen LogP contribution >= 0.6 is 0 Å². The topological polar surface area (TPSA) is 15.3 Å². The lowest BCUT2D eigenvalue weighted by molar-refractivity contribution is 0.306. The summed E-state index contributed by atoms with van der Waals surface area (Å²) in [5.74, 6) is 0.503. The molecule has 1 heterocycles. The smallest absolute Gasteiger partial charge is 0.125 e. The summed E-state index contributed by atoms with van der Waals surface area (Å²) >= 11 is 0. The van der Waals surface area contributed by atoms with Crippen molar-refractivity contribution in [1.82, 2.24) is 5.32 Å². The minimum atomic E-state index is -0.140. The van der Waals surface area contributed by atoms with E-state index in [1.807, 2.05) is 6.07 Å². The standard InChI is InChI=1S/C17H27FN2/c1-5-12(3)16-11-20(15(6-2)10-19-16)17-9-14(18)8-7-13(17)4/h7-9,12,15-16,19H,5-6,10-11H2,1-4H3. The van der Waals surface area contributed by atoms with E-state index in [1.165, 1.54) is 6.42 Å². The number of nitrogens with one attached hydrogen (secondary N) is 1. The van der Waals surface area contributed by atoms with Crippen molar-refractivity contribution in [2.24, 2.45) is 5.92 Å². The average molecular weight is 278 g/mol. The van der Waals surface area contributed by atoms with Gasteiger partial charge in [0.1, 0.15) is 5.82 Å². The third kappa shape index (κ3) is 3.14. The Labute approximate surface area is 122 Å². The van der Waals surface area contributed by atoms with Gasteiger partial charge >= 0.3 is 0 Å². The first-order valence-electron chi connectivity index (χ1n) is 7.83. The van der Waals surface area contributed by atoms with Gasteiger partial charge in [0.25, 0.3) is 0 Å². The summed E-state index contributed by atoms with van der Waals surface area (Å²) in [5.41, 5.74) is 2.22. The van der Waals surface area contributed by atoms with Crippen molar-refractivity contribution in [2.45, 2.75) is 52.6 Å². The SMILES string of the molecule is CCC(C)C1CN(c2cc(F)ccc2C)C(CC)CN1. The van der Waals surface area contributed by atoms with Gasteiger partial charge in [-0.1, -0.05) is 33.3 Å². The molecular formula is C17H27FN2. The zero-order valence-corrected chi connectivity index (χ0v) is 13.1. The molecule has 1 aromatic rings. The maximum absolute atomic E-state index is 13.6. The zero-order chi connectivity index (χ0) is 14.7. The fraction of sp³-hybridized carbons (Fsp3) is 0.647. The summed E-state index contributed by atoms with van der Waals surface area (Å²) in [6.07, 6.45) is 2.25. The van der Waals surface area contributed by atoms with E-state index in [0.717, 1.165) is 30.8 Å². The average Bonchev–Trinajstić information content (AvgIpc) is 2.48. The summed E-state index contributed by atoms with van der Waals surface area (Å²) < 4.78 is 13.6. The van der Waals surface area contributed by atoms with Crippen LogP contribution in [0.15, 0.2) is 18.2 Å². The Hall–Kier alpha value is -1.09. The normalized spacial score (nSPS) is 24.8. The van der Waals surface area contributed by atoms with Crippen molar-refractivity contribution in [1.29, 1.82) is 0 Å². The molecule has 1 saturated heterocycles.